The third-order valence-electron chi connectivity index (χ3n) is 3.93. The van der Waals surface area contributed by atoms with Gasteiger partial charge in [0, 0.05) is 6.04 Å². The Morgan fingerprint density at radius 2 is 2.11 bits per heavy atom. The van der Waals surface area contributed by atoms with Gasteiger partial charge in [-0.1, -0.05) is 24.6 Å². The molecule has 1 aliphatic carbocycles. The van der Waals surface area contributed by atoms with Crippen LogP contribution in [-0.4, -0.2) is 18.7 Å². The van der Waals surface area contributed by atoms with Crippen molar-refractivity contribution < 1.29 is 4.74 Å². The van der Waals surface area contributed by atoms with Crippen molar-refractivity contribution >= 4 is 0 Å². The van der Waals surface area contributed by atoms with Crippen molar-refractivity contribution in [3.05, 3.63) is 29.3 Å². The minimum absolute atomic E-state index is 0.379. The molecular weight excluding hydrogens is 234 g/mol. The monoisotopic (exact) mass is 261 g/mol. The van der Waals surface area contributed by atoms with E-state index in [-0.39, 0.29) is 0 Å². The van der Waals surface area contributed by atoms with Crippen LogP contribution in [0.25, 0.3) is 0 Å². The molecule has 0 spiro atoms. The van der Waals surface area contributed by atoms with Gasteiger partial charge >= 0.3 is 0 Å². The van der Waals surface area contributed by atoms with Gasteiger partial charge in [-0.3, -0.25) is 0 Å². The summed E-state index contributed by atoms with van der Waals surface area (Å²) in [6.45, 7) is 7.61. The van der Waals surface area contributed by atoms with Gasteiger partial charge in [0.15, 0.2) is 0 Å². The van der Waals surface area contributed by atoms with Crippen molar-refractivity contribution in [3.63, 3.8) is 0 Å². The Bertz CT molecular complexity index is 402. The Kier molecular flexibility index (Phi) is 5.26. The number of hydrogen-bond donors (Lipinski definition) is 1. The standard InChI is InChI=1S/C17H27NO/c1-4-10-18-15-6-5-7-16(12-15)19-17-9-8-13(2)11-14(17)3/h8-9,11,15-16,18H,4-7,10,12H2,1-3H3. The van der Waals surface area contributed by atoms with Crippen molar-refractivity contribution in [1.82, 2.24) is 5.32 Å². The molecule has 0 aliphatic heterocycles. The highest BCUT2D eigenvalue weighted by Crippen LogP contribution is 2.26. The average Bonchev–Trinajstić information content (AvgIpc) is 2.40. The second-order valence-electron chi connectivity index (χ2n) is 5.83. The third-order valence-corrected chi connectivity index (χ3v) is 3.93. The molecule has 2 unspecified atom stereocenters. The number of rotatable bonds is 5. The summed E-state index contributed by atoms with van der Waals surface area (Å²) in [5.41, 5.74) is 2.56. The van der Waals surface area contributed by atoms with Crippen molar-refractivity contribution in [3.8, 4) is 5.75 Å². The predicted molar refractivity (Wildman–Crippen MR) is 80.9 cm³/mol. The minimum Gasteiger partial charge on any atom is -0.490 e. The fourth-order valence-electron chi connectivity index (χ4n) is 2.90. The number of benzene rings is 1. The van der Waals surface area contributed by atoms with Gasteiger partial charge in [0.05, 0.1) is 0 Å². The predicted octanol–water partition coefficient (Wildman–Crippen LogP) is 3.99. The average molecular weight is 261 g/mol. The van der Waals surface area contributed by atoms with Crippen LogP contribution < -0.4 is 10.1 Å². The quantitative estimate of drug-likeness (QED) is 0.865. The maximum atomic E-state index is 6.21. The van der Waals surface area contributed by atoms with Crippen molar-refractivity contribution in [2.45, 2.75) is 65.0 Å². The molecule has 1 fully saturated rings. The normalized spacial score (nSPS) is 23.3. The molecule has 0 heterocycles. The van der Waals surface area contributed by atoms with E-state index in [9.17, 15) is 0 Å². The van der Waals surface area contributed by atoms with Crippen LogP contribution in [0.1, 0.15) is 50.2 Å². The Labute approximate surface area is 117 Å². The minimum atomic E-state index is 0.379. The first-order chi connectivity index (χ1) is 9.19. The highest BCUT2D eigenvalue weighted by molar-refractivity contribution is 5.35. The summed E-state index contributed by atoms with van der Waals surface area (Å²) < 4.78 is 6.21. The Balaban J connectivity index is 1.91. The van der Waals surface area contributed by atoms with Crippen LogP contribution >= 0.6 is 0 Å². The van der Waals surface area contributed by atoms with Crippen molar-refractivity contribution in [1.29, 1.82) is 0 Å². The molecule has 2 heteroatoms. The highest BCUT2D eigenvalue weighted by atomic mass is 16.5. The molecule has 19 heavy (non-hydrogen) atoms. The molecule has 0 radical (unpaired) electrons. The van der Waals surface area contributed by atoms with Gasteiger partial charge in [-0.2, -0.15) is 0 Å². The number of nitrogens with one attached hydrogen (secondary N) is 1. The smallest absolute Gasteiger partial charge is 0.122 e. The summed E-state index contributed by atoms with van der Waals surface area (Å²) in [6, 6.07) is 7.10. The highest BCUT2D eigenvalue weighted by Gasteiger charge is 2.23. The lowest BCUT2D eigenvalue weighted by atomic mass is 9.92. The van der Waals surface area contributed by atoms with Crippen molar-refractivity contribution in [2.24, 2.45) is 0 Å². The van der Waals surface area contributed by atoms with E-state index in [2.05, 4.69) is 44.3 Å². The van der Waals surface area contributed by atoms with E-state index in [1.165, 1.54) is 36.8 Å². The first kappa shape index (κ1) is 14.4. The van der Waals surface area contributed by atoms with Crippen LogP contribution in [0.3, 0.4) is 0 Å². The largest absolute Gasteiger partial charge is 0.490 e. The van der Waals surface area contributed by atoms with E-state index in [0.29, 0.717) is 12.1 Å². The van der Waals surface area contributed by atoms with Gasteiger partial charge in [-0.05, 0) is 64.1 Å². The van der Waals surface area contributed by atoms with Gasteiger partial charge in [0.2, 0.25) is 0 Å². The summed E-state index contributed by atoms with van der Waals surface area (Å²) in [5.74, 6) is 1.06. The van der Waals surface area contributed by atoms with Crippen LogP contribution in [-0.2, 0) is 0 Å². The molecule has 106 valence electrons. The third kappa shape index (κ3) is 4.24. The van der Waals surface area contributed by atoms with Crippen LogP contribution in [0.2, 0.25) is 0 Å². The number of ether oxygens (including phenoxy) is 1. The zero-order chi connectivity index (χ0) is 13.7. The molecule has 0 aromatic heterocycles. The van der Waals surface area contributed by atoms with Gasteiger partial charge < -0.3 is 10.1 Å². The first-order valence-corrected chi connectivity index (χ1v) is 7.66. The molecule has 1 aliphatic rings. The van der Waals surface area contributed by atoms with E-state index in [4.69, 9.17) is 4.74 Å². The van der Waals surface area contributed by atoms with Crippen LogP contribution in [0, 0.1) is 13.8 Å². The maximum Gasteiger partial charge on any atom is 0.122 e. The van der Waals surface area contributed by atoms with E-state index in [1.807, 2.05) is 0 Å². The SMILES string of the molecule is CCCNC1CCCC(Oc2ccc(C)cc2C)C1. The van der Waals surface area contributed by atoms with Crippen LogP contribution in [0.15, 0.2) is 18.2 Å². The number of aryl methyl sites for hydroxylation is 2. The molecule has 0 saturated heterocycles. The zero-order valence-electron chi connectivity index (χ0n) is 12.5. The molecular formula is C17H27NO. The molecule has 1 saturated carbocycles. The second kappa shape index (κ2) is 6.95. The Morgan fingerprint density at radius 3 is 2.84 bits per heavy atom. The molecule has 0 amide bonds. The van der Waals surface area contributed by atoms with Crippen molar-refractivity contribution in [2.75, 3.05) is 6.54 Å². The van der Waals surface area contributed by atoms with Gasteiger partial charge in [0.25, 0.3) is 0 Å². The summed E-state index contributed by atoms with van der Waals surface area (Å²) in [6.07, 6.45) is 6.50. The van der Waals surface area contributed by atoms with Gasteiger partial charge in [0.1, 0.15) is 11.9 Å². The fourth-order valence-corrected chi connectivity index (χ4v) is 2.90. The molecule has 2 nitrogen and oxygen atoms in total. The first-order valence-electron chi connectivity index (χ1n) is 7.66. The molecule has 0 bridgehead atoms. The van der Waals surface area contributed by atoms with Gasteiger partial charge in [-0.15, -0.1) is 0 Å². The summed E-state index contributed by atoms with van der Waals surface area (Å²) in [4.78, 5) is 0. The topological polar surface area (TPSA) is 21.3 Å². The van der Waals surface area contributed by atoms with E-state index < -0.39 is 0 Å². The molecule has 1 aromatic carbocycles. The van der Waals surface area contributed by atoms with E-state index in [1.54, 1.807) is 0 Å². The molecule has 2 rings (SSSR count). The maximum absolute atomic E-state index is 6.21. The Morgan fingerprint density at radius 1 is 1.26 bits per heavy atom. The molecule has 1 N–H and O–H groups in total. The van der Waals surface area contributed by atoms with Crippen LogP contribution in [0.4, 0.5) is 0 Å². The second-order valence-corrected chi connectivity index (χ2v) is 5.83. The summed E-state index contributed by atoms with van der Waals surface area (Å²) in [5, 5.41) is 3.63. The van der Waals surface area contributed by atoms with Crippen LogP contribution in [0.5, 0.6) is 5.75 Å². The molecule has 2 atom stereocenters. The number of hydrogen-bond acceptors (Lipinski definition) is 2. The lowest BCUT2D eigenvalue weighted by molar-refractivity contribution is 0.134. The fraction of sp³-hybridized carbons (Fsp3) is 0.647. The lowest BCUT2D eigenvalue weighted by Crippen LogP contribution is -2.38. The zero-order valence-corrected chi connectivity index (χ0v) is 12.5. The molecule has 1 aromatic rings. The van der Waals surface area contributed by atoms with E-state index in [0.717, 1.165) is 18.7 Å². The summed E-state index contributed by atoms with van der Waals surface area (Å²) in [7, 11) is 0. The van der Waals surface area contributed by atoms with E-state index >= 15 is 0 Å². The van der Waals surface area contributed by atoms with Gasteiger partial charge in [-0.25, -0.2) is 0 Å². The lowest BCUT2D eigenvalue weighted by Gasteiger charge is -2.30. The summed E-state index contributed by atoms with van der Waals surface area (Å²) >= 11 is 0. The Hall–Kier alpha value is -1.02.